The van der Waals surface area contributed by atoms with E-state index in [2.05, 4.69) is 15.4 Å². The number of carbonyl (C=O) groups is 2. The third-order valence-electron chi connectivity index (χ3n) is 3.40. The Labute approximate surface area is 152 Å². The number of amides is 1. The van der Waals surface area contributed by atoms with Crippen molar-refractivity contribution in [3.63, 3.8) is 0 Å². The Bertz CT molecular complexity index is 586. The van der Waals surface area contributed by atoms with Gasteiger partial charge in [-0.1, -0.05) is 12.1 Å². The van der Waals surface area contributed by atoms with Crippen molar-refractivity contribution in [3.8, 4) is 0 Å². The summed E-state index contributed by atoms with van der Waals surface area (Å²) >= 11 is 0. The molecule has 146 valence electrons. The van der Waals surface area contributed by atoms with Gasteiger partial charge < -0.3 is 25.2 Å². The van der Waals surface area contributed by atoms with Crippen LogP contribution in [0.2, 0.25) is 0 Å². The number of aliphatic hydroxyl groups excluding tert-OH is 1. The van der Waals surface area contributed by atoms with E-state index in [1.165, 1.54) is 19.2 Å². The van der Waals surface area contributed by atoms with Crippen LogP contribution in [-0.4, -0.2) is 55.1 Å². The van der Waals surface area contributed by atoms with E-state index < -0.39 is 36.4 Å². The number of benzene rings is 1. The number of hydrogen-bond donors (Lipinski definition) is 3. The predicted octanol–water partition coefficient (Wildman–Crippen LogP) is 1.38. The molecular formula is C18H27FN2O5. The lowest BCUT2D eigenvalue weighted by Gasteiger charge is -2.25. The first kappa shape index (κ1) is 21.9. The average Bonchev–Trinajstić information content (AvgIpc) is 2.55. The number of methoxy groups -OCH3 is 1. The fourth-order valence-electron chi connectivity index (χ4n) is 2.20. The standard InChI is InChI=1S/C18H27FN2O5/c1-18(2,3)26-17(24)21-14(9-12-5-7-13(19)8-6-12)10-20-15(11-22)16(23)25-4/h5-8,14-15,20,22H,9-11H2,1-4H3,(H,21,24)/t14-,15+/m1/s1. The lowest BCUT2D eigenvalue weighted by Crippen LogP contribution is -2.50. The van der Waals surface area contributed by atoms with Gasteiger partial charge >= 0.3 is 12.1 Å². The van der Waals surface area contributed by atoms with Crippen LogP contribution in [-0.2, 0) is 20.7 Å². The highest BCUT2D eigenvalue weighted by atomic mass is 19.1. The Morgan fingerprint density at radius 1 is 1.23 bits per heavy atom. The van der Waals surface area contributed by atoms with Crippen molar-refractivity contribution in [1.29, 1.82) is 0 Å². The fourth-order valence-corrected chi connectivity index (χ4v) is 2.20. The molecule has 0 radical (unpaired) electrons. The molecule has 1 rings (SSSR count). The molecule has 26 heavy (non-hydrogen) atoms. The summed E-state index contributed by atoms with van der Waals surface area (Å²) in [5.41, 5.74) is 0.144. The van der Waals surface area contributed by atoms with E-state index in [-0.39, 0.29) is 12.4 Å². The van der Waals surface area contributed by atoms with E-state index in [1.54, 1.807) is 32.9 Å². The minimum atomic E-state index is -0.906. The maximum absolute atomic E-state index is 13.1. The van der Waals surface area contributed by atoms with Crippen molar-refractivity contribution >= 4 is 12.1 Å². The van der Waals surface area contributed by atoms with E-state index in [0.29, 0.717) is 6.42 Å². The van der Waals surface area contributed by atoms with Crippen LogP contribution in [0.3, 0.4) is 0 Å². The summed E-state index contributed by atoms with van der Waals surface area (Å²) in [6.07, 6.45) is -0.226. The van der Waals surface area contributed by atoms with Gasteiger partial charge in [-0.2, -0.15) is 0 Å². The zero-order valence-corrected chi connectivity index (χ0v) is 15.5. The van der Waals surface area contributed by atoms with Crippen molar-refractivity contribution in [2.45, 2.75) is 44.9 Å². The number of esters is 1. The van der Waals surface area contributed by atoms with Gasteiger partial charge in [-0.05, 0) is 44.9 Å². The van der Waals surface area contributed by atoms with Crippen LogP contribution < -0.4 is 10.6 Å². The second-order valence-corrected chi connectivity index (χ2v) is 6.84. The molecule has 7 nitrogen and oxygen atoms in total. The molecule has 0 aliphatic heterocycles. The third kappa shape index (κ3) is 8.26. The van der Waals surface area contributed by atoms with E-state index >= 15 is 0 Å². The van der Waals surface area contributed by atoms with Crippen LogP contribution in [0.25, 0.3) is 0 Å². The van der Waals surface area contributed by atoms with E-state index in [1.807, 2.05) is 0 Å². The predicted molar refractivity (Wildman–Crippen MR) is 94.2 cm³/mol. The number of ether oxygens (including phenoxy) is 2. The van der Waals surface area contributed by atoms with Gasteiger partial charge in [-0.3, -0.25) is 4.79 Å². The van der Waals surface area contributed by atoms with Crippen LogP contribution >= 0.6 is 0 Å². The summed E-state index contributed by atoms with van der Waals surface area (Å²) in [7, 11) is 1.22. The van der Waals surface area contributed by atoms with Crippen LogP contribution in [0.5, 0.6) is 0 Å². The highest BCUT2D eigenvalue weighted by Crippen LogP contribution is 2.09. The van der Waals surface area contributed by atoms with E-state index in [4.69, 9.17) is 4.74 Å². The molecule has 0 saturated carbocycles. The lowest BCUT2D eigenvalue weighted by molar-refractivity contribution is -0.144. The molecule has 0 aromatic heterocycles. The summed E-state index contributed by atoms with van der Waals surface area (Å²) in [6.45, 7) is 4.98. The molecular weight excluding hydrogens is 343 g/mol. The monoisotopic (exact) mass is 370 g/mol. The number of halogens is 1. The normalized spacial score (nSPS) is 13.6. The number of nitrogens with one attached hydrogen (secondary N) is 2. The van der Waals surface area contributed by atoms with Crippen molar-refractivity contribution < 1.29 is 28.6 Å². The first-order valence-electron chi connectivity index (χ1n) is 8.30. The summed E-state index contributed by atoms with van der Waals surface area (Å²) in [6, 6.07) is 4.53. The molecule has 1 aromatic rings. The SMILES string of the molecule is COC(=O)[C@H](CO)NC[C@@H](Cc1ccc(F)cc1)NC(=O)OC(C)(C)C. The van der Waals surface area contributed by atoms with Gasteiger partial charge in [0.2, 0.25) is 0 Å². The van der Waals surface area contributed by atoms with Crippen LogP contribution in [0, 0.1) is 5.82 Å². The second-order valence-electron chi connectivity index (χ2n) is 6.84. The lowest BCUT2D eigenvalue weighted by atomic mass is 10.1. The average molecular weight is 370 g/mol. The van der Waals surface area contributed by atoms with Gasteiger partial charge in [-0.15, -0.1) is 0 Å². The van der Waals surface area contributed by atoms with Gasteiger partial charge in [0.25, 0.3) is 0 Å². The highest BCUT2D eigenvalue weighted by Gasteiger charge is 2.23. The van der Waals surface area contributed by atoms with Crippen LogP contribution in [0.4, 0.5) is 9.18 Å². The Balaban J connectivity index is 2.78. The Hall–Kier alpha value is -2.19. The number of rotatable bonds is 8. The first-order chi connectivity index (χ1) is 12.1. The van der Waals surface area contributed by atoms with Crippen LogP contribution in [0.1, 0.15) is 26.3 Å². The van der Waals surface area contributed by atoms with Crippen LogP contribution in [0.15, 0.2) is 24.3 Å². The van der Waals surface area contributed by atoms with E-state index in [9.17, 15) is 19.1 Å². The number of hydrogen-bond acceptors (Lipinski definition) is 6. The number of aliphatic hydroxyl groups is 1. The Kier molecular flexibility index (Phi) is 8.47. The molecule has 0 unspecified atom stereocenters. The minimum Gasteiger partial charge on any atom is -0.468 e. The van der Waals surface area contributed by atoms with Gasteiger partial charge in [0.1, 0.15) is 17.5 Å². The summed E-state index contributed by atoms with van der Waals surface area (Å²) in [4.78, 5) is 23.6. The molecule has 8 heteroatoms. The zero-order chi connectivity index (χ0) is 19.7. The molecule has 0 aliphatic carbocycles. The van der Waals surface area contributed by atoms with Gasteiger partial charge in [0, 0.05) is 12.6 Å². The molecule has 0 fully saturated rings. The molecule has 1 aromatic carbocycles. The summed E-state index contributed by atoms with van der Waals surface area (Å²) in [5.74, 6) is -0.958. The first-order valence-corrected chi connectivity index (χ1v) is 8.30. The molecule has 0 bridgehead atoms. The van der Waals surface area contributed by atoms with Crippen molar-refractivity contribution in [3.05, 3.63) is 35.6 Å². The third-order valence-corrected chi connectivity index (χ3v) is 3.40. The molecule has 0 saturated heterocycles. The quantitative estimate of drug-likeness (QED) is 0.599. The maximum atomic E-state index is 13.1. The van der Waals surface area contributed by atoms with Crippen molar-refractivity contribution in [2.24, 2.45) is 0 Å². The molecule has 0 heterocycles. The van der Waals surface area contributed by atoms with Crippen molar-refractivity contribution in [2.75, 3.05) is 20.3 Å². The summed E-state index contributed by atoms with van der Waals surface area (Å²) in [5, 5.41) is 14.9. The molecule has 3 N–H and O–H groups in total. The molecule has 0 spiro atoms. The molecule has 2 atom stereocenters. The Morgan fingerprint density at radius 2 is 1.85 bits per heavy atom. The smallest absolute Gasteiger partial charge is 0.407 e. The fraction of sp³-hybridized carbons (Fsp3) is 0.556. The highest BCUT2D eigenvalue weighted by molar-refractivity contribution is 5.75. The van der Waals surface area contributed by atoms with Gasteiger partial charge in [0.15, 0.2) is 0 Å². The van der Waals surface area contributed by atoms with Gasteiger partial charge in [0.05, 0.1) is 13.7 Å². The summed E-state index contributed by atoms with van der Waals surface area (Å²) < 4.78 is 22.9. The number of carbonyl (C=O) groups excluding carboxylic acids is 2. The van der Waals surface area contributed by atoms with Gasteiger partial charge in [-0.25, -0.2) is 9.18 Å². The topological polar surface area (TPSA) is 96.9 Å². The van der Waals surface area contributed by atoms with Crippen molar-refractivity contribution in [1.82, 2.24) is 10.6 Å². The number of alkyl carbamates (subject to hydrolysis) is 1. The molecule has 0 aliphatic rings. The minimum absolute atomic E-state index is 0.178. The largest absolute Gasteiger partial charge is 0.468 e. The van der Waals surface area contributed by atoms with E-state index in [0.717, 1.165) is 5.56 Å². The maximum Gasteiger partial charge on any atom is 0.407 e. The zero-order valence-electron chi connectivity index (χ0n) is 15.5. The second kappa shape index (κ2) is 10.1. The Morgan fingerprint density at radius 3 is 2.35 bits per heavy atom. The molecule has 1 amide bonds.